The first-order chi connectivity index (χ1) is 12.5. The molecule has 0 aliphatic carbocycles. The van der Waals surface area contributed by atoms with Gasteiger partial charge in [0, 0.05) is 11.3 Å². The Bertz CT molecular complexity index is 1050. The molecule has 2 heterocycles. The van der Waals surface area contributed by atoms with E-state index in [0.29, 0.717) is 16.3 Å². The number of carbonyl (C=O) groups is 2. The molecule has 0 spiro atoms. The smallest absolute Gasteiger partial charge is 0.335 e. The fraction of sp³-hybridized carbons (Fsp3) is 0.0556. The number of carboxylic acids is 1. The molecule has 0 saturated heterocycles. The molecule has 1 amide bonds. The standard InChI is InChI=1S/C18H12N4O3S/c1-10-4-2-7-13(20-10)15-14(9-19)26-18(21-15)22-16(23)11-5-3-6-12(8-11)17(24)25/h2-8H,1H3,(H,24,25)(H,21,22,23). The molecular weight excluding hydrogens is 352 g/mol. The quantitative estimate of drug-likeness (QED) is 0.733. The second-order valence-corrected chi connectivity index (χ2v) is 6.31. The fourth-order valence-electron chi connectivity index (χ4n) is 2.26. The van der Waals surface area contributed by atoms with E-state index in [4.69, 9.17) is 5.11 Å². The molecule has 3 aromatic rings. The van der Waals surface area contributed by atoms with Crippen LogP contribution in [0.4, 0.5) is 5.13 Å². The van der Waals surface area contributed by atoms with Crippen LogP contribution in [0.5, 0.6) is 0 Å². The molecule has 0 unspecified atom stereocenters. The summed E-state index contributed by atoms with van der Waals surface area (Å²) in [7, 11) is 0. The molecule has 128 valence electrons. The molecule has 0 aliphatic rings. The van der Waals surface area contributed by atoms with Crippen LogP contribution in [0, 0.1) is 18.3 Å². The van der Waals surface area contributed by atoms with Crippen LogP contribution in [0.2, 0.25) is 0 Å². The third-order valence-electron chi connectivity index (χ3n) is 3.45. The Balaban J connectivity index is 1.89. The maximum atomic E-state index is 12.4. The van der Waals surface area contributed by atoms with Crippen molar-refractivity contribution in [2.45, 2.75) is 6.92 Å². The molecule has 0 radical (unpaired) electrons. The van der Waals surface area contributed by atoms with Crippen LogP contribution in [-0.4, -0.2) is 27.0 Å². The average molecular weight is 364 g/mol. The summed E-state index contributed by atoms with van der Waals surface area (Å²) in [5.41, 5.74) is 1.94. The van der Waals surface area contributed by atoms with E-state index < -0.39 is 11.9 Å². The van der Waals surface area contributed by atoms with Crippen molar-refractivity contribution in [3.8, 4) is 17.5 Å². The normalized spacial score (nSPS) is 10.2. The third-order valence-corrected chi connectivity index (χ3v) is 4.33. The van der Waals surface area contributed by atoms with E-state index in [2.05, 4.69) is 21.4 Å². The van der Waals surface area contributed by atoms with Gasteiger partial charge >= 0.3 is 5.97 Å². The Morgan fingerprint density at radius 3 is 2.58 bits per heavy atom. The summed E-state index contributed by atoms with van der Waals surface area (Å²) in [6.07, 6.45) is 0. The van der Waals surface area contributed by atoms with Crippen LogP contribution < -0.4 is 5.32 Å². The number of anilines is 1. The summed E-state index contributed by atoms with van der Waals surface area (Å²) in [5, 5.41) is 21.2. The lowest BCUT2D eigenvalue weighted by atomic mass is 10.1. The van der Waals surface area contributed by atoms with Gasteiger partial charge in [0.05, 0.1) is 11.3 Å². The molecular formula is C18H12N4O3S. The van der Waals surface area contributed by atoms with Crippen molar-refractivity contribution in [1.29, 1.82) is 5.26 Å². The minimum absolute atomic E-state index is 0.0131. The van der Waals surface area contributed by atoms with Crippen LogP contribution in [0.3, 0.4) is 0 Å². The second-order valence-electron chi connectivity index (χ2n) is 5.31. The number of benzene rings is 1. The predicted molar refractivity (Wildman–Crippen MR) is 96.2 cm³/mol. The van der Waals surface area contributed by atoms with Gasteiger partial charge in [0.25, 0.3) is 5.91 Å². The molecule has 0 fully saturated rings. The lowest BCUT2D eigenvalue weighted by molar-refractivity contribution is 0.0697. The predicted octanol–water partition coefficient (Wildman–Crippen LogP) is 3.34. The molecule has 3 rings (SSSR count). The molecule has 2 N–H and O–H groups in total. The van der Waals surface area contributed by atoms with Gasteiger partial charge in [0.15, 0.2) is 5.13 Å². The molecule has 26 heavy (non-hydrogen) atoms. The summed E-state index contributed by atoms with van der Waals surface area (Å²) >= 11 is 1.03. The minimum Gasteiger partial charge on any atom is -0.478 e. The van der Waals surface area contributed by atoms with Crippen molar-refractivity contribution in [1.82, 2.24) is 9.97 Å². The topological polar surface area (TPSA) is 116 Å². The van der Waals surface area contributed by atoms with Crippen LogP contribution in [-0.2, 0) is 0 Å². The minimum atomic E-state index is -1.12. The Kier molecular flexibility index (Phi) is 4.73. The number of aryl methyl sites for hydroxylation is 1. The monoisotopic (exact) mass is 364 g/mol. The van der Waals surface area contributed by atoms with E-state index in [1.54, 1.807) is 6.07 Å². The highest BCUT2D eigenvalue weighted by molar-refractivity contribution is 7.16. The van der Waals surface area contributed by atoms with Gasteiger partial charge in [-0.2, -0.15) is 5.26 Å². The largest absolute Gasteiger partial charge is 0.478 e. The van der Waals surface area contributed by atoms with Gasteiger partial charge in [-0.1, -0.05) is 23.5 Å². The van der Waals surface area contributed by atoms with Crippen LogP contribution in [0.25, 0.3) is 11.4 Å². The number of aromatic nitrogens is 2. The van der Waals surface area contributed by atoms with Gasteiger partial charge in [0.1, 0.15) is 16.6 Å². The average Bonchev–Trinajstić information content (AvgIpc) is 3.04. The van der Waals surface area contributed by atoms with Gasteiger partial charge in [-0.3, -0.25) is 15.1 Å². The number of hydrogen-bond donors (Lipinski definition) is 2. The van der Waals surface area contributed by atoms with Crippen LogP contribution >= 0.6 is 11.3 Å². The van der Waals surface area contributed by atoms with Crippen molar-refractivity contribution in [3.05, 3.63) is 64.2 Å². The number of rotatable bonds is 4. The maximum Gasteiger partial charge on any atom is 0.335 e. The molecule has 7 nitrogen and oxygen atoms in total. The van der Waals surface area contributed by atoms with Gasteiger partial charge in [-0.05, 0) is 37.3 Å². The molecule has 8 heteroatoms. The third kappa shape index (κ3) is 3.58. The lowest BCUT2D eigenvalue weighted by Crippen LogP contribution is -2.12. The number of nitrogens with zero attached hydrogens (tertiary/aromatic N) is 3. The lowest BCUT2D eigenvalue weighted by Gasteiger charge is -2.02. The number of carboxylic acid groups (broad SMARTS) is 1. The van der Waals surface area contributed by atoms with Gasteiger partial charge < -0.3 is 5.11 Å². The van der Waals surface area contributed by atoms with E-state index in [-0.39, 0.29) is 16.3 Å². The number of amides is 1. The van der Waals surface area contributed by atoms with E-state index in [0.717, 1.165) is 17.0 Å². The van der Waals surface area contributed by atoms with Gasteiger partial charge in [0.2, 0.25) is 0 Å². The summed E-state index contributed by atoms with van der Waals surface area (Å²) in [6, 6.07) is 13.1. The second kappa shape index (κ2) is 7.13. The summed E-state index contributed by atoms with van der Waals surface area (Å²) < 4.78 is 0. The molecule has 0 saturated carbocycles. The SMILES string of the molecule is Cc1cccc(-c2nc(NC(=O)c3cccc(C(=O)O)c3)sc2C#N)n1. The van der Waals surface area contributed by atoms with Crippen LogP contribution in [0.1, 0.15) is 31.3 Å². The highest BCUT2D eigenvalue weighted by Gasteiger charge is 2.17. The van der Waals surface area contributed by atoms with E-state index in [9.17, 15) is 14.9 Å². The zero-order valence-corrected chi connectivity index (χ0v) is 14.4. The van der Waals surface area contributed by atoms with Gasteiger partial charge in [-0.25, -0.2) is 9.78 Å². The van der Waals surface area contributed by atoms with Gasteiger partial charge in [-0.15, -0.1) is 0 Å². The Morgan fingerprint density at radius 1 is 1.15 bits per heavy atom. The highest BCUT2D eigenvalue weighted by atomic mass is 32.1. The zero-order chi connectivity index (χ0) is 18.7. The highest BCUT2D eigenvalue weighted by Crippen LogP contribution is 2.29. The maximum absolute atomic E-state index is 12.4. The number of thiazole rings is 1. The first-order valence-corrected chi connectivity index (χ1v) is 8.29. The zero-order valence-electron chi connectivity index (χ0n) is 13.6. The van der Waals surface area contributed by atoms with Crippen molar-refractivity contribution in [2.24, 2.45) is 0 Å². The van der Waals surface area contributed by atoms with Crippen molar-refractivity contribution >= 4 is 28.3 Å². The molecule has 1 aromatic carbocycles. The summed E-state index contributed by atoms with van der Waals surface area (Å²) in [4.78, 5) is 32.4. The van der Waals surface area contributed by atoms with Crippen LogP contribution in [0.15, 0.2) is 42.5 Å². The number of nitrogens with one attached hydrogen (secondary N) is 1. The molecule has 0 bridgehead atoms. The van der Waals surface area contributed by atoms with E-state index >= 15 is 0 Å². The number of nitriles is 1. The van der Waals surface area contributed by atoms with Crippen molar-refractivity contribution < 1.29 is 14.7 Å². The summed E-state index contributed by atoms with van der Waals surface area (Å²) in [6.45, 7) is 1.83. The molecule has 0 atom stereocenters. The first kappa shape index (κ1) is 17.3. The summed E-state index contributed by atoms with van der Waals surface area (Å²) in [5.74, 6) is -1.62. The van der Waals surface area contributed by atoms with E-state index in [1.165, 1.54) is 24.3 Å². The number of hydrogen-bond acceptors (Lipinski definition) is 6. The first-order valence-electron chi connectivity index (χ1n) is 7.47. The Hall–Kier alpha value is -3.57. The Morgan fingerprint density at radius 2 is 1.88 bits per heavy atom. The Labute approximate surface area is 152 Å². The molecule has 2 aromatic heterocycles. The number of pyridine rings is 1. The molecule has 0 aliphatic heterocycles. The fourth-order valence-corrected chi connectivity index (χ4v) is 3.03. The number of carbonyl (C=O) groups excluding carboxylic acids is 1. The number of aromatic carboxylic acids is 1. The van der Waals surface area contributed by atoms with Crippen molar-refractivity contribution in [2.75, 3.05) is 5.32 Å². The van der Waals surface area contributed by atoms with Crippen molar-refractivity contribution in [3.63, 3.8) is 0 Å². The van der Waals surface area contributed by atoms with E-state index in [1.807, 2.05) is 19.1 Å².